The fourth-order valence-corrected chi connectivity index (χ4v) is 5.77. The van der Waals surface area contributed by atoms with Crippen molar-refractivity contribution < 1.29 is 18.8 Å². The van der Waals surface area contributed by atoms with Crippen molar-refractivity contribution in [3.8, 4) is 0 Å². The number of hydrogen-bond acceptors (Lipinski definition) is 5. The van der Waals surface area contributed by atoms with Crippen LogP contribution < -0.4 is 5.32 Å². The van der Waals surface area contributed by atoms with Gasteiger partial charge in [0, 0.05) is 37.5 Å². The average Bonchev–Trinajstić information content (AvgIpc) is 3.33. The van der Waals surface area contributed by atoms with Crippen molar-refractivity contribution in [1.29, 1.82) is 0 Å². The van der Waals surface area contributed by atoms with Gasteiger partial charge < -0.3 is 15.1 Å². The van der Waals surface area contributed by atoms with Gasteiger partial charge in [0.15, 0.2) is 0 Å². The molecule has 0 radical (unpaired) electrons. The van der Waals surface area contributed by atoms with E-state index in [4.69, 9.17) is 0 Å². The third-order valence-electron chi connectivity index (χ3n) is 6.77. The lowest BCUT2D eigenvalue weighted by molar-refractivity contribution is -0.134. The third kappa shape index (κ3) is 4.86. The Labute approximate surface area is 203 Å². The maximum absolute atomic E-state index is 13.9. The summed E-state index contributed by atoms with van der Waals surface area (Å²) in [6, 6.07) is 9.57. The van der Waals surface area contributed by atoms with E-state index in [0.717, 1.165) is 4.88 Å². The summed E-state index contributed by atoms with van der Waals surface area (Å²) in [6.45, 7) is 3.83. The van der Waals surface area contributed by atoms with Crippen molar-refractivity contribution in [2.75, 3.05) is 40.3 Å². The van der Waals surface area contributed by atoms with Crippen LogP contribution in [-0.2, 0) is 11.2 Å². The SMILES string of the molecule is Cc1ccc(C(=O)N2CCC(C3(Cc4cccc(F)c4)NC(=O)N(CCN(C)C)C3=O)CC2)s1. The monoisotopic (exact) mass is 486 g/mol. The summed E-state index contributed by atoms with van der Waals surface area (Å²) in [5.74, 6) is -0.793. The summed E-state index contributed by atoms with van der Waals surface area (Å²) in [4.78, 5) is 46.4. The first kappa shape index (κ1) is 24.3. The Morgan fingerprint density at radius 1 is 1.21 bits per heavy atom. The lowest BCUT2D eigenvalue weighted by Crippen LogP contribution is -2.58. The number of thiophene rings is 1. The number of piperidine rings is 1. The first-order chi connectivity index (χ1) is 16.2. The number of hydrogen-bond donors (Lipinski definition) is 1. The fraction of sp³-hybridized carbons (Fsp3) is 0.480. The molecule has 0 aliphatic carbocycles. The van der Waals surface area contributed by atoms with Crippen LogP contribution >= 0.6 is 11.3 Å². The molecule has 2 fully saturated rings. The van der Waals surface area contributed by atoms with Crippen LogP contribution in [0.5, 0.6) is 0 Å². The highest BCUT2D eigenvalue weighted by atomic mass is 32.1. The summed E-state index contributed by atoms with van der Waals surface area (Å²) in [6.07, 6.45) is 1.38. The van der Waals surface area contributed by atoms with Gasteiger partial charge in [-0.15, -0.1) is 11.3 Å². The summed E-state index contributed by atoms with van der Waals surface area (Å²) < 4.78 is 13.9. The number of likely N-dealkylation sites (N-methyl/N-ethyl adjacent to an activating group) is 1. The van der Waals surface area contributed by atoms with Gasteiger partial charge in [0.2, 0.25) is 0 Å². The minimum absolute atomic E-state index is 0.00474. The van der Waals surface area contributed by atoms with Crippen molar-refractivity contribution in [2.45, 2.75) is 31.7 Å². The summed E-state index contributed by atoms with van der Waals surface area (Å²) in [5, 5.41) is 3.00. The minimum Gasteiger partial charge on any atom is -0.338 e. The Morgan fingerprint density at radius 3 is 2.56 bits per heavy atom. The summed E-state index contributed by atoms with van der Waals surface area (Å²) >= 11 is 1.48. The highest BCUT2D eigenvalue weighted by Gasteiger charge is 2.56. The van der Waals surface area contributed by atoms with Crippen molar-refractivity contribution in [3.63, 3.8) is 0 Å². The molecular formula is C25H31FN4O3S. The second kappa shape index (κ2) is 9.84. The number of likely N-dealkylation sites (tertiary alicyclic amines) is 1. The van der Waals surface area contributed by atoms with E-state index in [-0.39, 0.29) is 36.5 Å². The number of halogens is 1. The molecule has 0 saturated carbocycles. The van der Waals surface area contributed by atoms with Gasteiger partial charge in [-0.25, -0.2) is 9.18 Å². The summed E-state index contributed by atoms with van der Waals surface area (Å²) in [5.41, 5.74) is -0.484. The Kier molecular flexibility index (Phi) is 7.04. The highest BCUT2D eigenvalue weighted by molar-refractivity contribution is 7.13. The van der Waals surface area contributed by atoms with Gasteiger partial charge >= 0.3 is 6.03 Å². The number of aryl methyl sites for hydroxylation is 1. The minimum atomic E-state index is -1.15. The van der Waals surface area contributed by atoms with Crippen LogP contribution in [0.15, 0.2) is 36.4 Å². The molecule has 1 aromatic heterocycles. The van der Waals surface area contributed by atoms with Crippen molar-refractivity contribution in [2.24, 2.45) is 5.92 Å². The molecule has 1 N–H and O–H groups in total. The maximum Gasteiger partial charge on any atom is 0.325 e. The quantitative estimate of drug-likeness (QED) is 0.611. The largest absolute Gasteiger partial charge is 0.338 e. The van der Waals surface area contributed by atoms with Crippen LogP contribution in [0.3, 0.4) is 0 Å². The van der Waals surface area contributed by atoms with Crippen molar-refractivity contribution in [1.82, 2.24) is 20.0 Å². The lowest BCUT2D eigenvalue weighted by Gasteiger charge is -2.41. The molecular weight excluding hydrogens is 455 g/mol. The second-order valence-corrected chi connectivity index (χ2v) is 10.7. The van der Waals surface area contributed by atoms with Crippen molar-refractivity contribution >= 4 is 29.2 Å². The molecule has 1 unspecified atom stereocenters. The van der Waals surface area contributed by atoms with Gasteiger partial charge in [-0.2, -0.15) is 0 Å². The molecule has 3 heterocycles. The Balaban J connectivity index is 1.56. The molecule has 34 heavy (non-hydrogen) atoms. The Morgan fingerprint density at radius 2 is 1.94 bits per heavy atom. The van der Waals surface area contributed by atoms with Crippen molar-refractivity contribution in [3.05, 3.63) is 57.5 Å². The maximum atomic E-state index is 13.9. The van der Waals surface area contributed by atoms with Gasteiger partial charge in [0.05, 0.1) is 4.88 Å². The molecule has 0 spiro atoms. The number of carbonyl (C=O) groups excluding carboxylic acids is 3. The number of nitrogens with zero attached hydrogens (tertiary/aromatic N) is 3. The smallest absolute Gasteiger partial charge is 0.325 e. The van der Waals surface area contributed by atoms with Gasteiger partial charge in [-0.3, -0.25) is 14.5 Å². The standard InChI is InChI=1S/C25H31FN4O3S/c1-17-7-8-21(34-17)22(31)29-11-9-19(10-12-29)25(16-18-5-4-6-20(26)15-18)23(32)30(24(33)27-25)14-13-28(2)3/h4-8,15,19H,9-14,16H2,1-3H3,(H,27,33). The molecule has 182 valence electrons. The number of carbonyl (C=O) groups is 3. The van der Waals surface area contributed by atoms with E-state index in [2.05, 4.69) is 5.32 Å². The number of benzene rings is 1. The van der Waals surface area contributed by atoms with Gasteiger partial charge in [0.25, 0.3) is 11.8 Å². The van der Waals surface area contributed by atoms with E-state index in [0.29, 0.717) is 42.9 Å². The zero-order chi connectivity index (χ0) is 24.5. The zero-order valence-electron chi connectivity index (χ0n) is 19.8. The molecule has 2 aliphatic heterocycles. The zero-order valence-corrected chi connectivity index (χ0v) is 20.7. The second-order valence-electron chi connectivity index (χ2n) is 9.45. The van der Waals surface area contributed by atoms with E-state index in [1.54, 1.807) is 12.1 Å². The van der Waals surface area contributed by atoms with Gasteiger partial charge in [-0.1, -0.05) is 12.1 Å². The number of amides is 4. The van der Waals surface area contributed by atoms with Crippen LogP contribution in [0.25, 0.3) is 0 Å². The van der Waals surface area contributed by atoms with Crippen LogP contribution in [-0.4, -0.2) is 78.4 Å². The van der Waals surface area contributed by atoms with E-state index in [1.165, 1.54) is 28.4 Å². The topological polar surface area (TPSA) is 73.0 Å². The Hall–Kier alpha value is -2.78. The molecule has 4 amide bonds. The molecule has 4 rings (SSSR count). The molecule has 0 bridgehead atoms. The number of urea groups is 1. The number of imide groups is 1. The van der Waals surface area contributed by atoms with E-state index in [9.17, 15) is 18.8 Å². The fourth-order valence-electron chi connectivity index (χ4n) is 4.94. The molecule has 7 nitrogen and oxygen atoms in total. The predicted octanol–water partition coefficient (Wildman–Crippen LogP) is 3.14. The van der Waals surface area contributed by atoms with Crippen LogP contribution in [0.1, 0.15) is 33.0 Å². The average molecular weight is 487 g/mol. The number of rotatable bonds is 7. The normalized spacial score (nSPS) is 21.4. The molecule has 2 saturated heterocycles. The molecule has 2 aromatic rings. The van der Waals surface area contributed by atoms with E-state index in [1.807, 2.05) is 43.0 Å². The van der Waals surface area contributed by atoms with E-state index >= 15 is 0 Å². The number of nitrogens with one attached hydrogen (secondary N) is 1. The van der Waals surface area contributed by atoms with Gasteiger partial charge in [-0.05, 0) is 69.6 Å². The first-order valence-electron chi connectivity index (χ1n) is 11.6. The third-order valence-corrected chi connectivity index (χ3v) is 7.76. The van der Waals surface area contributed by atoms with Crippen LogP contribution in [0.2, 0.25) is 0 Å². The van der Waals surface area contributed by atoms with Crippen LogP contribution in [0, 0.1) is 18.7 Å². The molecule has 1 aromatic carbocycles. The highest BCUT2D eigenvalue weighted by Crippen LogP contribution is 2.37. The van der Waals surface area contributed by atoms with E-state index < -0.39 is 11.6 Å². The first-order valence-corrected chi connectivity index (χ1v) is 12.4. The molecule has 1 atom stereocenters. The Bertz CT molecular complexity index is 1080. The summed E-state index contributed by atoms with van der Waals surface area (Å²) in [7, 11) is 3.78. The lowest BCUT2D eigenvalue weighted by atomic mass is 9.74. The predicted molar refractivity (Wildman–Crippen MR) is 129 cm³/mol. The molecule has 9 heteroatoms. The molecule has 2 aliphatic rings. The van der Waals surface area contributed by atoms with Crippen LogP contribution in [0.4, 0.5) is 9.18 Å². The van der Waals surface area contributed by atoms with Gasteiger partial charge in [0.1, 0.15) is 11.4 Å².